The summed E-state index contributed by atoms with van der Waals surface area (Å²) in [5, 5.41) is 11.6. The predicted octanol–water partition coefficient (Wildman–Crippen LogP) is 4.51. The van der Waals surface area contributed by atoms with Gasteiger partial charge in [0.05, 0.1) is 0 Å². The Bertz CT molecular complexity index is 909. The van der Waals surface area contributed by atoms with Gasteiger partial charge in [0.25, 0.3) is 0 Å². The number of fused-ring (bicyclic) bond motifs is 1. The second-order valence-corrected chi connectivity index (χ2v) is 5.93. The molecule has 24 heavy (non-hydrogen) atoms. The van der Waals surface area contributed by atoms with Crippen LogP contribution in [0.4, 0.5) is 5.69 Å². The minimum atomic E-state index is -0.0851. The highest BCUT2D eigenvalue weighted by molar-refractivity contribution is 6.07. The number of hydrogen-bond donors (Lipinski definition) is 1. The highest BCUT2D eigenvalue weighted by Gasteiger charge is 2.02. The smallest absolute Gasteiger partial charge is 0.185 e. The molecule has 0 atom stereocenters. The van der Waals surface area contributed by atoms with Gasteiger partial charge in [-0.1, -0.05) is 24.3 Å². The SMILES string of the molecule is CN(C)c1ccc2cc(/C=C/C(=O)c3ccc(O)cc3)ccc2c1. The van der Waals surface area contributed by atoms with Crippen molar-refractivity contribution in [2.75, 3.05) is 19.0 Å². The van der Waals surface area contributed by atoms with Gasteiger partial charge in [-0.05, 0) is 64.9 Å². The molecule has 0 unspecified atom stereocenters. The fraction of sp³-hybridized carbons (Fsp3) is 0.0952. The fourth-order valence-corrected chi connectivity index (χ4v) is 2.53. The van der Waals surface area contributed by atoms with Crippen LogP contribution in [0.1, 0.15) is 15.9 Å². The summed E-state index contributed by atoms with van der Waals surface area (Å²) < 4.78 is 0. The molecule has 0 saturated carbocycles. The molecule has 3 aromatic rings. The van der Waals surface area contributed by atoms with Crippen LogP contribution in [0.2, 0.25) is 0 Å². The number of rotatable bonds is 4. The van der Waals surface area contributed by atoms with Gasteiger partial charge >= 0.3 is 0 Å². The number of phenolic OH excluding ortho intramolecular Hbond substituents is 1. The van der Waals surface area contributed by atoms with Crippen LogP contribution in [0.3, 0.4) is 0 Å². The Hall–Kier alpha value is -3.07. The lowest BCUT2D eigenvalue weighted by atomic mass is 10.0. The molecule has 0 aromatic heterocycles. The summed E-state index contributed by atoms with van der Waals surface area (Å²) in [5.41, 5.74) is 2.70. The molecule has 0 aliphatic carbocycles. The molecule has 120 valence electrons. The van der Waals surface area contributed by atoms with Gasteiger partial charge in [0.1, 0.15) is 5.75 Å². The van der Waals surface area contributed by atoms with Crippen molar-refractivity contribution in [2.24, 2.45) is 0 Å². The number of benzene rings is 3. The molecule has 0 saturated heterocycles. The first-order valence-corrected chi connectivity index (χ1v) is 7.75. The van der Waals surface area contributed by atoms with E-state index in [1.165, 1.54) is 17.5 Å². The van der Waals surface area contributed by atoms with E-state index in [0.29, 0.717) is 5.56 Å². The van der Waals surface area contributed by atoms with E-state index in [-0.39, 0.29) is 11.5 Å². The lowest BCUT2D eigenvalue weighted by molar-refractivity contribution is 0.104. The van der Waals surface area contributed by atoms with E-state index in [1.807, 2.05) is 26.2 Å². The third-order valence-electron chi connectivity index (χ3n) is 3.94. The van der Waals surface area contributed by atoms with Gasteiger partial charge in [0.15, 0.2) is 5.78 Å². The van der Waals surface area contributed by atoms with Crippen molar-refractivity contribution in [1.29, 1.82) is 0 Å². The first kappa shape index (κ1) is 15.8. The lowest BCUT2D eigenvalue weighted by Crippen LogP contribution is -2.07. The first-order chi connectivity index (χ1) is 11.5. The first-order valence-electron chi connectivity index (χ1n) is 7.75. The number of hydrogen-bond acceptors (Lipinski definition) is 3. The Balaban J connectivity index is 1.83. The maximum absolute atomic E-state index is 12.1. The monoisotopic (exact) mass is 317 g/mol. The highest BCUT2D eigenvalue weighted by atomic mass is 16.3. The molecule has 3 heteroatoms. The van der Waals surface area contributed by atoms with E-state index >= 15 is 0 Å². The summed E-state index contributed by atoms with van der Waals surface area (Å²) in [5.74, 6) is 0.0696. The van der Waals surface area contributed by atoms with Gasteiger partial charge in [-0.25, -0.2) is 0 Å². The molecule has 0 spiro atoms. The predicted molar refractivity (Wildman–Crippen MR) is 99.7 cm³/mol. The van der Waals surface area contributed by atoms with Crippen molar-refractivity contribution in [3.63, 3.8) is 0 Å². The van der Waals surface area contributed by atoms with Gasteiger partial charge in [0.2, 0.25) is 0 Å². The third kappa shape index (κ3) is 3.46. The second-order valence-electron chi connectivity index (χ2n) is 5.93. The number of phenols is 1. The number of nitrogens with zero attached hydrogens (tertiary/aromatic N) is 1. The van der Waals surface area contributed by atoms with Crippen LogP contribution < -0.4 is 4.90 Å². The molecule has 3 aromatic carbocycles. The second kappa shape index (κ2) is 6.59. The Morgan fingerprint density at radius 1 is 0.917 bits per heavy atom. The van der Waals surface area contributed by atoms with Crippen LogP contribution in [0.5, 0.6) is 5.75 Å². The summed E-state index contributed by atoms with van der Waals surface area (Å²) in [6, 6.07) is 18.7. The molecule has 0 aliphatic rings. The Morgan fingerprint density at radius 2 is 1.58 bits per heavy atom. The number of ketones is 1. The summed E-state index contributed by atoms with van der Waals surface area (Å²) >= 11 is 0. The van der Waals surface area contributed by atoms with Crippen molar-refractivity contribution >= 4 is 28.3 Å². The molecule has 0 amide bonds. The Kier molecular flexibility index (Phi) is 4.34. The van der Waals surface area contributed by atoms with Crippen LogP contribution in [0.25, 0.3) is 16.8 Å². The minimum Gasteiger partial charge on any atom is -0.508 e. The molecule has 0 aliphatic heterocycles. The molecular weight excluding hydrogens is 298 g/mol. The quantitative estimate of drug-likeness (QED) is 0.568. The van der Waals surface area contributed by atoms with E-state index in [0.717, 1.165) is 16.6 Å². The summed E-state index contributed by atoms with van der Waals surface area (Å²) in [4.78, 5) is 14.2. The summed E-state index contributed by atoms with van der Waals surface area (Å²) in [7, 11) is 4.04. The van der Waals surface area contributed by atoms with E-state index in [9.17, 15) is 9.90 Å². The standard InChI is InChI=1S/C21H19NO2/c1-22(2)19-9-6-17-13-15(3-5-18(17)14-19)4-12-21(24)16-7-10-20(23)11-8-16/h3-14,23H,1-2H3/b12-4+. The van der Waals surface area contributed by atoms with Gasteiger partial charge in [-0.15, -0.1) is 0 Å². The number of carbonyl (C=O) groups is 1. The van der Waals surface area contributed by atoms with E-state index in [2.05, 4.69) is 35.2 Å². The highest BCUT2D eigenvalue weighted by Crippen LogP contribution is 2.22. The van der Waals surface area contributed by atoms with E-state index in [4.69, 9.17) is 0 Å². The van der Waals surface area contributed by atoms with Crippen LogP contribution >= 0.6 is 0 Å². The Labute approximate surface area is 141 Å². The number of carbonyl (C=O) groups excluding carboxylic acids is 1. The van der Waals surface area contributed by atoms with Crippen LogP contribution in [-0.4, -0.2) is 25.0 Å². The molecule has 3 rings (SSSR count). The van der Waals surface area contributed by atoms with Crippen molar-refractivity contribution in [3.05, 3.63) is 77.9 Å². The maximum Gasteiger partial charge on any atom is 0.185 e. The van der Waals surface area contributed by atoms with Crippen molar-refractivity contribution < 1.29 is 9.90 Å². The van der Waals surface area contributed by atoms with E-state index in [1.54, 1.807) is 18.2 Å². The zero-order valence-corrected chi connectivity index (χ0v) is 13.7. The van der Waals surface area contributed by atoms with Gasteiger partial charge in [0, 0.05) is 25.3 Å². The van der Waals surface area contributed by atoms with Crippen LogP contribution in [0, 0.1) is 0 Å². The normalized spacial score (nSPS) is 11.1. The van der Waals surface area contributed by atoms with Crippen LogP contribution in [0.15, 0.2) is 66.7 Å². The number of aromatic hydroxyl groups is 1. The molecule has 0 fully saturated rings. The van der Waals surface area contributed by atoms with Crippen molar-refractivity contribution in [1.82, 2.24) is 0 Å². The number of anilines is 1. The molecular formula is C21H19NO2. The zero-order valence-electron chi connectivity index (χ0n) is 13.7. The van der Waals surface area contributed by atoms with Gasteiger partial charge < -0.3 is 10.0 Å². The molecule has 1 N–H and O–H groups in total. The maximum atomic E-state index is 12.1. The van der Waals surface area contributed by atoms with Crippen molar-refractivity contribution in [2.45, 2.75) is 0 Å². The molecule has 3 nitrogen and oxygen atoms in total. The number of allylic oxidation sites excluding steroid dienone is 1. The molecule has 0 bridgehead atoms. The summed E-state index contributed by atoms with van der Waals surface area (Å²) in [6.07, 6.45) is 3.37. The molecule has 0 heterocycles. The summed E-state index contributed by atoms with van der Waals surface area (Å²) in [6.45, 7) is 0. The molecule has 0 radical (unpaired) electrons. The topological polar surface area (TPSA) is 40.5 Å². The zero-order chi connectivity index (χ0) is 17.1. The average Bonchev–Trinajstić information content (AvgIpc) is 2.59. The minimum absolute atomic E-state index is 0.0851. The fourth-order valence-electron chi connectivity index (χ4n) is 2.53. The third-order valence-corrected chi connectivity index (χ3v) is 3.94. The van der Waals surface area contributed by atoms with Crippen molar-refractivity contribution in [3.8, 4) is 5.75 Å². The average molecular weight is 317 g/mol. The van der Waals surface area contributed by atoms with E-state index < -0.39 is 0 Å². The van der Waals surface area contributed by atoms with Gasteiger partial charge in [-0.3, -0.25) is 4.79 Å². The Morgan fingerprint density at radius 3 is 2.29 bits per heavy atom. The lowest BCUT2D eigenvalue weighted by Gasteiger charge is -2.13. The van der Waals surface area contributed by atoms with Gasteiger partial charge in [-0.2, -0.15) is 0 Å². The van der Waals surface area contributed by atoms with Crippen LogP contribution in [-0.2, 0) is 0 Å². The largest absolute Gasteiger partial charge is 0.508 e.